The zero-order valence-corrected chi connectivity index (χ0v) is 17.0. The number of aromatic hydroxyl groups is 1. The Morgan fingerprint density at radius 3 is 2.66 bits per heavy atom. The Morgan fingerprint density at radius 2 is 2.00 bits per heavy atom. The van der Waals surface area contributed by atoms with Gasteiger partial charge in [-0.25, -0.2) is 9.78 Å². The molecule has 0 saturated carbocycles. The zero-order valence-electron chi connectivity index (χ0n) is 16.2. The molecule has 150 valence electrons. The van der Waals surface area contributed by atoms with Gasteiger partial charge in [0.25, 0.3) is 0 Å². The molecule has 0 aliphatic carbocycles. The maximum atomic E-state index is 12.2. The van der Waals surface area contributed by atoms with Crippen molar-refractivity contribution in [1.29, 1.82) is 0 Å². The predicted molar refractivity (Wildman–Crippen MR) is 110 cm³/mol. The van der Waals surface area contributed by atoms with E-state index in [1.54, 1.807) is 11.4 Å². The molecule has 1 heterocycles. The SMILES string of the molecule is COc1ccc(C(=O)OCc2csc(N(C(C)=O)c3cccc(C)c3)n2)c(O)c1. The van der Waals surface area contributed by atoms with Gasteiger partial charge in [-0.05, 0) is 36.8 Å². The second-order valence-corrected chi connectivity index (χ2v) is 7.11. The molecule has 0 bridgehead atoms. The summed E-state index contributed by atoms with van der Waals surface area (Å²) in [5.74, 6) is -0.641. The molecule has 0 unspecified atom stereocenters. The van der Waals surface area contributed by atoms with Crippen molar-refractivity contribution in [3.05, 3.63) is 64.7 Å². The lowest BCUT2D eigenvalue weighted by Gasteiger charge is -2.18. The van der Waals surface area contributed by atoms with E-state index in [1.807, 2.05) is 31.2 Å². The minimum Gasteiger partial charge on any atom is -0.507 e. The number of aromatic nitrogens is 1. The fourth-order valence-electron chi connectivity index (χ4n) is 2.69. The van der Waals surface area contributed by atoms with Crippen molar-refractivity contribution in [2.75, 3.05) is 12.0 Å². The van der Waals surface area contributed by atoms with Crippen LogP contribution in [0.4, 0.5) is 10.8 Å². The summed E-state index contributed by atoms with van der Waals surface area (Å²) < 4.78 is 10.2. The lowest BCUT2D eigenvalue weighted by atomic mass is 10.2. The Labute approximate surface area is 172 Å². The Kier molecular flexibility index (Phi) is 6.13. The number of methoxy groups -OCH3 is 1. The molecule has 0 radical (unpaired) electrons. The van der Waals surface area contributed by atoms with Crippen LogP contribution >= 0.6 is 11.3 Å². The van der Waals surface area contributed by atoms with E-state index in [9.17, 15) is 14.7 Å². The van der Waals surface area contributed by atoms with Crippen molar-refractivity contribution < 1.29 is 24.2 Å². The molecule has 2 aromatic carbocycles. The highest BCUT2D eigenvalue weighted by Gasteiger charge is 2.19. The third kappa shape index (κ3) is 4.72. The topological polar surface area (TPSA) is 89.0 Å². The van der Waals surface area contributed by atoms with Gasteiger partial charge in [0, 0.05) is 18.4 Å². The first kappa shape index (κ1) is 20.3. The number of phenols is 1. The Hall–Kier alpha value is -3.39. The van der Waals surface area contributed by atoms with Crippen molar-refractivity contribution >= 4 is 34.0 Å². The first-order valence-corrected chi connectivity index (χ1v) is 9.63. The summed E-state index contributed by atoms with van der Waals surface area (Å²) in [7, 11) is 1.47. The van der Waals surface area contributed by atoms with Gasteiger partial charge in [-0.15, -0.1) is 11.3 Å². The highest BCUT2D eigenvalue weighted by molar-refractivity contribution is 7.14. The van der Waals surface area contributed by atoms with Crippen LogP contribution in [0.15, 0.2) is 47.8 Å². The van der Waals surface area contributed by atoms with E-state index in [0.717, 1.165) is 11.3 Å². The fraction of sp³-hybridized carbons (Fsp3) is 0.190. The summed E-state index contributed by atoms with van der Waals surface area (Å²) in [6.07, 6.45) is 0. The molecule has 0 spiro atoms. The molecule has 1 amide bonds. The van der Waals surface area contributed by atoms with Crippen LogP contribution in [0.1, 0.15) is 28.5 Å². The highest BCUT2D eigenvalue weighted by Crippen LogP contribution is 2.30. The number of nitrogens with zero attached hydrogens (tertiary/aromatic N) is 2. The van der Waals surface area contributed by atoms with E-state index < -0.39 is 5.97 Å². The van der Waals surface area contributed by atoms with E-state index in [0.29, 0.717) is 16.6 Å². The van der Waals surface area contributed by atoms with Crippen LogP contribution in [0.5, 0.6) is 11.5 Å². The zero-order chi connectivity index (χ0) is 21.0. The number of hydrogen-bond acceptors (Lipinski definition) is 7. The largest absolute Gasteiger partial charge is 0.507 e. The summed E-state index contributed by atoms with van der Waals surface area (Å²) in [6.45, 7) is 3.33. The highest BCUT2D eigenvalue weighted by atomic mass is 32.1. The molecule has 7 nitrogen and oxygen atoms in total. The van der Waals surface area contributed by atoms with Gasteiger partial charge >= 0.3 is 5.97 Å². The number of phenolic OH excluding ortho intramolecular Hbond substituents is 1. The minimum atomic E-state index is -0.679. The van der Waals surface area contributed by atoms with Gasteiger partial charge < -0.3 is 14.6 Å². The van der Waals surface area contributed by atoms with Gasteiger partial charge in [-0.1, -0.05) is 12.1 Å². The third-order valence-electron chi connectivity index (χ3n) is 4.08. The number of anilines is 2. The predicted octanol–water partition coefficient (Wildman–Crippen LogP) is 4.21. The van der Waals surface area contributed by atoms with Crippen molar-refractivity contribution in [2.24, 2.45) is 0 Å². The lowest BCUT2D eigenvalue weighted by molar-refractivity contribution is -0.115. The molecule has 0 atom stereocenters. The summed E-state index contributed by atoms with van der Waals surface area (Å²) in [5.41, 5.74) is 2.29. The second-order valence-electron chi connectivity index (χ2n) is 6.27. The number of carbonyl (C=O) groups excluding carboxylic acids is 2. The fourth-order valence-corrected chi connectivity index (χ4v) is 3.56. The molecule has 1 aromatic heterocycles. The minimum absolute atomic E-state index is 0.0337. The molecule has 3 rings (SSSR count). The normalized spacial score (nSPS) is 10.4. The lowest BCUT2D eigenvalue weighted by Crippen LogP contribution is -2.22. The van der Waals surface area contributed by atoms with Gasteiger partial charge in [-0.3, -0.25) is 9.69 Å². The van der Waals surface area contributed by atoms with E-state index in [4.69, 9.17) is 9.47 Å². The van der Waals surface area contributed by atoms with Crippen molar-refractivity contribution in [3.63, 3.8) is 0 Å². The second kappa shape index (κ2) is 8.74. The standard InChI is InChI=1S/C21H20N2O5S/c1-13-5-4-6-16(9-13)23(14(2)24)21-22-15(12-29-21)11-28-20(26)18-8-7-17(27-3)10-19(18)25/h4-10,12,25H,11H2,1-3H3. The molecule has 0 aliphatic rings. The number of benzene rings is 2. The van der Waals surface area contributed by atoms with Crippen LogP contribution < -0.4 is 9.64 Å². The molecular formula is C21H20N2O5S. The van der Waals surface area contributed by atoms with Crippen LogP contribution in [0.2, 0.25) is 0 Å². The molecule has 3 aromatic rings. The van der Waals surface area contributed by atoms with Crippen LogP contribution in [0.3, 0.4) is 0 Å². The Balaban J connectivity index is 1.72. The average molecular weight is 412 g/mol. The number of amides is 1. The number of esters is 1. The smallest absolute Gasteiger partial charge is 0.342 e. The molecule has 8 heteroatoms. The van der Waals surface area contributed by atoms with E-state index >= 15 is 0 Å². The van der Waals surface area contributed by atoms with Crippen LogP contribution in [0, 0.1) is 6.92 Å². The molecule has 0 aliphatic heterocycles. The molecule has 29 heavy (non-hydrogen) atoms. The van der Waals surface area contributed by atoms with Gasteiger partial charge in [0.05, 0.1) is 18.5 Å². The van der Waals surface area contributed by atoms with E-state index in [2.05, 4.69) is 4.98 Å². The van der Waals surface area contributed by atoms with Gasteiger partial charge in [0.2, 0.25) is 5.91 Å². The number of rotatable bonds is 6. The first-order valence-electron chi connectivity index (χ1n) is 8.75. The van der Waals surface area contributed by atoms with Gasteiger partial charge in [0.1, 0.15) is 23.7 Å². The van der Waals surface area contributed by atoms with Crippen LogP contribution in [0.25, 0.3) is 0 Å². The summed E-state index contributed by atoms with van der Waals surface area (Å²) in [4.78, 5) is 30.3. The number of ether oxygens (including phenoxy) is 2. The number of carbonyl (C=O) groups is 2. The third-order valence-corrected chi connectivity index (χ3v) is 4.96. The summed E-state index contributed by atoms with van der Waals surface area (Å²) >= 11 is 1.28. The quantitative estimate of drug-likeness (QED) is 0.610. The number of aryl methyl sites for hydroxylation is 1. The maximum Gasteiger partial charge on any atom is 0.342 e. The van der Waals surface area contributed by atoms with Crippen LogP contribution in [-0.2, 0) is 16.1 Å². The van der Waals surface area contributed by atoms with Crippen LogP contribution in [-0.4, -0.2) is 29.1 Å². The van der Waals surface area contributed by atoms with Gasteiger partial charge in [-0.2, -0.15) is 0 Å². The molecule has 1 N–H and O–H groups in total. The molecule has 0 fully saturated rings. The first-order chi connectivity index (χ1) is 13.9. The van der Waals surface area contributed by atoms with Gasteiger partial charge in [0.15, 0.2) is 5.13 Å². The van der Waals surface area contributed by atoms with E-state index in [1.165, 1.54) is 42.4 Å². The average Bonchev–Trinajstić information content (AvgIpc) is 3.14. The molecular weight excluding hydrogens is 392 g/mol. The van der Waals surface area contributed by atoms with Crippen molar-refractivity contribution in [2.45, 2.75) is 20.5 Å². The Bertz CT molecular complexity index is 1050. The van der Waals surface area contributed by atoms with Crippen molar-refractivity contribution in [1.82, 2.24) is 4.98 Å². The monoisotopic (exact) mass is 412 g/mol. The maximum absolute atomic E-state index is 12.2. The van der Waals surface area contributed by atoms with E-state index in [-0.39, 0.29) is 23.8 Å². The number of thiazole rings is 1. The number of hydrogen-bond donors (Lipinski definition) is 1. The molecule has 0 saturated heterocycles. The Morgan fingerprint density at radius 1 is 1.21 bits per heavy atom. The summed E-state index contributed by atoms with van der Waals surface area (Å²) in [5, 5.41) is 12.1. The van der Waals surface area contributed by atoms with Crippen molar-refractivity contribution in [3.8, 4) is 11.5 Å². The summed E-state index contributed by atoms with van der Waals surface area (Å²) in [6, 6.07) is 11.9.